The summed E-state index contributed by atoms with van der Waals surface area (Å²) in [5, 5.41) is 11.1. The lowest BCUT2D eigenvalue weighted by Crippen LogP contribution is -2.15. The molecule has 5 rings (SSSR count). The van der Waals surface area contributed by atoms with Crippen molar-refractivity contribution in [1.29, 1.82) is 0 Å². The number of para-hydroxylation sites is 2. The first-order valence-corrected chi connectivity index (χ1v) is 10.4. The predicted octanol–water partition coefficient (Wildman–Crippen LogP) is 5.19. The second-order valence-electron chi connectivity index (χ2n) is 6.84. The highest BCUT2D eigenvalue weighted by Gasteiger charge is 2.16. The third-order valence-electron chi connectivity index (χ3n) is 4.80. The molecule has 0 amide bonds. The molecule has 5 nitrogen and oxygen atoms in total. The lowest BCUT2D eigenvalue weighted by molar-refractivity contribution is 0.419. The first kappa shape index (κ1) is 18.3. The van der Waals surface area contributed by atoms with E-state index in [0.29, 0.717) is 6.54 Å². The van der Waals surface area contributed by atoms with Gasteiger partial charge in [0.25, 0.3) is 0 Å². The van der Waals surface area contributed by atoms with Gasteiger partial charge in [0.15, 0.2) is 4.80 Å². The number of hydrogen-bond donors (Lipinski definition) is 1. The Labute approximate surface area is 177 Å². The van der Waals surface area contributed by atoms with E-state index in [1.165, 1.54) is 11.3 Å². The monoisotopic (exact) mass is 410 g/mol. The molecule has 3 heterocycles. The molecule has 146 valence electrons. The topological polar surface area (TPSA) is 62.8 Å². The molecule has 4 aromatic rings. The van der Waals surface area contributed by atoms with Gasteiger partial charge in [0, 0.05) is 29.7 Å². The maximum atomic E-state index is 11.1. The highest BCUT2D eigenvalue weighted by molar-refractivity contribution is 7.10. The summed E-state index contributed by atoms with van der Waals surface area (Å²) >= 11 is 1.45. The summed E-state index contributed by atoms with van der Waals surface area (Å²) in [6.45, 7) is 0.482. The molecule has 2 aromatic heterocycles. The van der Waals surface area contributed by atoms with Gasteiger partial charge in [-0.2, -0.15) is 0 Å². The second-order valence-corrected chi connectivity index (χ2v) is 7.85. The minimum absolute atomic E-state index is 0.184. The fourth-order valence-corrected chi connectivity index (χ4v) is 4.32. The van der Waals surface area contributed by atoms with Gasteiger partial charge in [-0.15, -0.1) is 0 Å². The molecule has 30 heavy (non-hydrogen) atoms. The number of hydrogen-bond acceptors (Lipinski definition) is 5. The molecular weight excluding hydrogens is 392 g/mol. The lowest BCUT2D eigenvalue weighted by Gasteiger charge is -2.05. The molecule has 0 saturated carbocycles. The van der Waals surface area contributed by atoms with E-state index in [2.05, 4.69) is 9.98 Å². The molecule has 0 bridgehead atoms. The van der Waals surface area contributed by atoms with Crippen molar-refractivity contribution in [2.24, 2.45) is 9.98 Å². The normalized spacial score (nSPS) is 14.4. The van der Waals surface area contributed by atoms with Crippen molar-refractivity contribution < 1.29 is 5.11 Å². The van der Waals surface area contributed by atoms with Crippen molar-refractivity contribution in [1.82, 2.24) is 9.55 Å². The van der Waals surface area contributed by atoms with Crippen LogP contribution in [0, 0.1) is 0 Å². The summed E-state index contributed by atoms with van der Waals surface area (Å²) in [7, 11) is 0. The molecule has 0 saturated heterocycles. The standard InChI is InChI=1S/C24H18N4OS/c29-23-22(13-18-15-26-21-11-5-4-10-20(18)21)30-24(27-19-8-2-1-3-9-19)28(23)16-17-7-6-12-25-14-17/h1-15,29H,16H2/b18-13-,27-24?. The molecule has 0 atom stereocenters. The zero-order chi connectivity index (χ0) is 20.3. The molecule has 1 aliphatic heterocycles. The van der Waals surface area contributed by atoms with Crippen LogP contribution in [-0.2, 0) is 6.54 Å². The molecule has 1 aliphatic rings. The highest BCUT2D eigenvalue weighted by Crippen LogP contribution is 2.34. The van der Waals surface area contributed by atoms with E-state index in [1.54, 1.807) is 12.4 Å². The Morgan fingerprint density at radius 1 is 1.00 bits per heavy atom. The van der Waals surface area contributed by atoms with Crippen LogP contribution in [-0.4, -0.2) is 20.9 Å². The molecule has 0 fully saturated rings. The number of rotatable bonds is 4. The number of aromatic nitrogens is 2. The van der Waals surface area contributed by atoms with Gasteiger partial charge in [0.05, 0.1) is 22.8 Å². The molecule has 0 spiro atoms. The zero-order valence-corrected chi connectivity index (χ0v) is 16.8. The Morgan fingerprint density at radius 3 is 2.67 bits per heavy atom. The molecule has 0 aliphatic carbocycles. The SMILES string of the molecule is Oc1c(/C=C2/C=Nc3ccccc32)sc(=Nc2ccccc2)n1Cc1cccnc1. The van der Waals surface area contributed by atoms with E-state index < -0.39 is 0 Å². The predicted molar refractivity (Wildman–Crippen MR) is 121 cm³/mol. The van der Waals surface area contributed by atoms with E-state index in [-0.39, 0.29) is 5.88 Å². The van der Waals surface area contributed by atoms with Crippen molar-refractivity contribution >= 4 is 40.6 Å². The fraction of sp³-hybridized carbons (Fsp3) is 0.0417. The van der Waals surface area contributed by atoms with Gasteiger partial charge in [-0.25, -0.2) is 4.99 Å². The Morgan fingerprint density at radius 2 is 1.83 bits per heavy atom. The number of allylic oxidation sites excluding steroid dienone is 1. The third-order valence-corrected chi connectivity index (χ3v) is 5.81. The van der Waals surface area contributed by atoms with E-state index in [0.717, 1.165) is 37.8 Å². The number of benzene rings is 2. The van der Waals surface area contributed by atoms with Crippen molar-refractivity contribution in [2.75, 3.05) is 0 Å². The molecule has 2 aromatic carbocycles. The minimum Gasteiger partial charge on any atom is -0.493 e. The van der Waals surface area contributed by atoms with Crippen LogP contribution in [0.2, 0.25) is 0 Å². The minimum atomic E-state index is 0.184. The fourth-order valence-electron chi connectivity index (χ4n) is 3.32. The number of fused-ring (bicyclic) bond motifs is 1. The van der Waals surface area contributed by atoms with Crippen molar-refractivity contribution in [3.05, 3.63) is 99.9 Å². The van der Waals surface area contributed by atoms with Gasteiger partial charge in [0.1, 0.15) is 0 Å². The average molecular weight is 411 g/mol. The van der Waals surface area contributed by atoms with Crippen LogP contribution < -0.4 is 4.80 Å². The van der Waals surface area contributed by atoms with Crippen LogP contribution in [0.3, 0.4) is 0 Å². The molecule has 0 radical (unpaired) electrons. The van der Waals surface area contributed by atoms with Gasteiger partial charge in [-0.05, 0) is 35.9 Å². The number of pyridine rings is 1. The summed E-state index contributed by atoms with van der Waals surface area (Å²) < 4.78 is 1.82. The van der Waals surface area contributed by atoms with Gasteiger partial charge in [-0.3, -0.25) is 14.5 Å². The summed E-state index contributed by atoms with van der Waals surface area (Å²) in [6, 6.07) is 21.6. The Balaban J connectivity index is 1.63. The molecule has 0 unspecified atom stereocenters. The van der Waals surface area contributed by atoms with Gasteiger partial charge in [0.2, 0.25) is 5.88 Å². The van der Waals surface area contributed by atoms with Crippen LogP contribution in [0.15, 0.2) is 89.1 Å². The van der Waals surface area contributed by atoms with E-state index in [4.69, 9.17) is 4.99 Å². The van der Waals surface area contributed by atoms with Crippen molar-refractivity contribution in [3.8, 4) is 5.88 Å². The Kier molecular flexibility index (Phi) is 4.83. The number of aromatic hydroxyl groups is 1. The van der Waals surface area contributed by atoms with Crippen LogP contribution in [0.25, 0.3) is 11.6 Å². The Bertz CT molecular complexity index is 1320. The average Bonchev–Trinajstić information content (AvgIpc) is 3.32. The van der Waals surface area contributed by atoms with Crippen LogP contribution in [0.1, 0.15) is 16.0 Å². The largest absolute Gasteiger partial charge is 0.493 e. The third kappa shape index (κ3) is 3.60. The second kappa shape index (κ2) is 7.93. The highest BCUT2D eigenvalue weighted by atomic mass is 32.1. The maximum Gasteiger partial charge on any atom is 0.211 e. The first-order chi connectivity index (χ1) is 14.8. The number of thiazole rings is 1. The van der Waals surface area contributed by atoms with E-state index >= 15 is 0 Å². The Hall–Kier alpha value is -3.77. The van der Waals surface area contributed by atoms with Gasteiger partial charge in [-0.1, -0.05) is 53.8 Å². The summed E-state index contributed by atoms with van der Waals surface area (Å²) in [6.07, 6.45) is 7.35. The quantitative estimate of drug-likeness (QED) is 0.503. The number of nitrogens with zero attached hydrogens (tertiary/aromatic N) is 4. The van der Waals surface area contributed by atoms with E-state index in [1.807, 2.05) is 83.6 Å². The first-order valence-electron chi connectivity index (χ1n) is 9.54. The number of aliphatic imine (C=N–C) groups is 1. The molecular formula is C24H18N4OS. The van der Waals surface area contributed by atoms with Gasteiger partial charge < -0.3 is 5.11 Å². The molecule has 6 heteroatoms. The summed E-state index contributed by atoms with van der Waals surface area (Å²) in [5.74, 6) is 0.184. The smallest absolute Gasteiger partial charge is 0.211 e. The van der Waals surface area contributed by atoms with Crippen LogP contribution in [0.5, 0.6) is 5.88 Å². The van der Waals surface area contributed by atoms with Crippen molar-refractivity contribution in [2.45, 2.75) is 6.54 Å². The summed E-state index contributed by atoms with van der Waals surface area (Å²) in [4.78, 5) is 14.9. The van der Waals surface area contributed by atoms with Crippen molar-refractivity contribution in [3.63, 3.8) is 0 Å². The van der Waals surface area contributed by atoms with Crippen LogP contribution in [0.4, 0.5) is 11.4 Å². The van der Waals surface area contributed by atoms with Gasteiger partial charge >= 0.3 is 0 Å². The van der Waals surface area contributed by atoms with Crippen LogP contribution >= 0.6 is 11.3 Å². The lowest BCUT2D eigenvalue weighted by atomic mass is 10.1. The zero-order valence-electron chi connectivity index (χ0n) is 16.0. The van der Waals surface area contributed by atoms with E-state index in [9.17, 15) is 5.11 Å². The molecule has 1 N–H and O–H groups in total. The maximum absolute atomic E-state index is 11.1. The summed E-state index contributed by atoms with van der Waals surface area (Å²) in [5.41, 5.74) is 4.81.